The number of carbonyl (C=O) groups is 1. The van der Waals surface area contributed by atoms with Gasteiger partial charge in [-0.3, -0.25) is 9.69 Å². The van der Waals surface area contributed by atoms with E-state index in [4.69, 9.17) is 0 Å². The first-order valence-electron chi connectivity index (χ1n) is 8.17. The van der Waals surface area contributed by atoms with Crippen molar-refractivity contribution in [3.05, 3.63) is 47.7 Å². The Morgan fingerprint density at radius 3 is 2.87 bits per heavy atom. The van der Waals surface area contributed by atoms with Crippen LogP contribution >= 0.6 is 0 Å². The van der Waals surface area contributed by atoms with Crippen LogP contribution in [-0.2, 0) is 4.79 Å². The molecule has 2 atom stereocenters. The molecule has 0 saturated carbocycles. The Morgan fingerprint density at radius 2 is 2.17 bits per heavy atom. The molecule has 23 heavy (non-hydrogen) atoms. The number of rotatable bonds is 1. The van der Waals surface area contributed by atoms with Gasteiger partial charge in [-0.25, -0.2) is 4.39 Å². The van der Waals surface area contributed by atoms with Crippen LogP contribution in [0.5, 0.6) is 0 Å². The molecule has 4 heterocycles. The smallest absolute Gasteiger partial charge is 0.161 e. The number of halogens is 1. The van der Waals surface area contributed by atoms with Crippen molar-refractivity contribution in [2.75, 3.05) is 19.6 Å². The average Bonchev–Trinajstić information content (AvgIpc) is 3.04. The summed E-state index contributed by atoms with van der Waals surface area (Å²) in [5.74, 6) is -0.579. The van der Waals surface area contributed by atoms with Crippen LogP contribution in [-0.4, -0.2) is 51.8 Å². The fourth-order valence-electron chi connectivity index (χ4n) is 4.66. The predicted molar refractivity (Wildman–Crippen MR) is 86.7 cm³/mol. The zero-order valence-corrected chi connectivity index (χ0v) is 13.7. The van der Waals surface area contributed by atoms with Crippen molar-refractivity contribution in [1.82, 2.24) is 14.7 Å². The Kier molecular flexibility index (Phi) is 2.92. The number of nitrogens with zero attached hydrogens (tertiary/aromatic N) is 3. The van der Waals surface area contributed by atoms with Gasteiger partial charge in [-0.15, -0.1) is 0 Å². The predicted octanol–water partition coefficient (Wildman–Crippen LogP) is 2.54. The van der Waals surface area contributed by atoms with Gasteiger partial charge in [0, 0.05) is 36.5 Å². The molecule has 0 spiro atoms. The molecule has 3 fully saturated rings. The lowest BCUT2D eigenvalue weighted by Gasteiger charge is -2.51. The molecule has 4 nitrogen and oxygen atoms in total. The summed E-state index contributed by atoms with van der Waals surface area (Å²) in [6, 6.07) is 0.515. The standard InChI is InChI=1S/C18H22FN3O/c1-11-15(13(3)23)9-20-10-18(4)21-7-5-6-14(21)8-22(18)12(2)17(20)16(11)19/h9,14H,1-2,5-8,10H2,3-4H3. The van der Waals surface area contributed by atoms with Crippen molar-refractivity contribution in [2.45, 2.75) is 38.4 Å². The third-order valence-corrected chi connectivity index (χ3v) is 5.79. The first-order valence-corrected chi connectivity index (χ1v) is 8.17. The topological polar surface area (TPSA) is 26.8 Å². The van der Waals surface area contributed by atoms with E-state index in [2.05, 4.69) is 29.9 Å². The van der Waals surface area contributed by atoms with E-state index in [-0.39, 0.29) is 17.0 Å². The molecule has 0 N–H and O–H groups in total. The summed E-state index contributed by atoms with van der Waals surface area (Å²) in [6.07, 6.45) is 4.14. The van der Waals surface area contributed by atoms with Crippen molar-refractivity contribution in [1.29, 1.82) is 0 Å². The molecule has 2 unspecified atom stereocenters. The zero-order chi connectivity index (χ0) is 16.5. The van der Waals surface area contributed by atoms with E-state index in [0.29, 0.717) is 29.6 Å². The highest BCUT2D eigenvalue weighted by Crippen LogP contribution is 2.47. The Labute approximate surface area is 136 Å². The number of ketones is 1. The fourth-order valence-corrected chi connectivity index (χ4v) is 4.66. The van der Waals surface area contributed by atoms with Gasteiger partial charge >= 0.3 is 0 Å². The number of hydrogen-bond donors (Lipinski definition) is 0. The summed E-state index contributed by atoms with van der Waals surface area (Å²) >= 11 is 0. The molecule has 0 bridgehead atoms. The quantitative estimate of drug-likeness (QED) is 0.743. The molecule has 4 aliphatic rings. The lowest BCUT2D eigenvalue weighted by Crippen LogP contribution is -2.61. The van der Waals surface area contributed by atoms with Crippen molar-refractivity contribution in [3.8, 4) is 0 Å². The second-order valence-corrected chi connectivity index (χ2v) is 7.13. The summed E-state index contributed by atoms with van der Waals surface area (Å²) in [5.41, 5.74) is 1.50. The first kappa shape index (κ1) is 14.7. The third-order valence-electron chi connectivity index (χ3n) is 5.79. The van der Waals surface area contributed by atoms with Gasteiger partial charge in [0.15, 0.2) is 11.6 Å². The maximum Gasteiger partial charge on any atom is 0.161 e. The number of fused-ring (bicyclic) bond motifs is 4. The van der Waals surface area contributed by atoms with Crippen LogP contribution in [0, 0.1) is 0 Å². The van der Waals surface area contributed by atoms with Gasteiger partial charge in [0.05, 0.1) is 12.2 Å². The van der Waals surface area contributed by atoms with E-state index < -0.39 is 5.83 Å². The molecule has 4 rings (SSSR count). The van der Waals surface area contributed by atoms with Crippen LogP contribution in [0.4, 0.5) is 4.39 Å². The van der Waals surface area contributed by atoms with Crippen molar-refractivity contribution in [2.24, 2.45) is 0 Å². The van der Waals surface area contributed by atoms with Gasteiger partial charge in [-0.2, -0.15) is 0 Å². The van der Waals surface area contributed by atoms with Gasteiger partial charge < -0.3 is 9.80 Å². The van der Waals surface area contributed by atoms with Gasteiger partial charge in [0.2, 0.25) is 0 Å². The molecule has 0 aromatic heterocycles. The first-order chi connectivity index (χ1) is 10.8. The van der Waals surface area contributed by atoms with E-state index in [1.807, 2.05) is 4.90 Å². The summed E-state index contributed by atoms with van der Waals surface area (Å²) in [6.45, 7) is 14.2. The minimum absolute atomic E-state index is 0.159. The second kappa shape index (κ2) is 4.57. The highest BCUT2D eigenvalue weighted by atomic mass is 19.1. The Hall–Kier alpha value is -1.88. The molecule has 0 aromatic carbocycles. The Morgan fingerprint density at radius 1 is 1.43 bits per heavy atom. The van der Waals surface area contributed by atoms with Gasteiger partial charge in [-0.05, 0) is 26.7 Å². The summed E-state index contributed by atoms with van der Waals surface area (Å²) in [5, 5.41) is 0. The summed E-state index contributed by atoms with van der Waals surface area (Å²) < 4.78 is 14.9. The molecule has 5 heteroatoms. The van der Waals surface area contributed by atoms with E-state index in [1.165, 1.54) is 19.8 Å². The molecule has 0 aliphatic carbocycles. The number of allylic oxidation sites excluding steroid dienone is 3. The van der Waals surface area contributed by atoms with E-state index >= 15 is 0 Å². The molecular weight excluding hydrogens is 293 g/mol. The normalized spacial score (nSPS) is 33.7. The van der Waals surface area contributed by atoms with Crippen molar-refractivity contribution >= 4 is 5.78 Å². The SMILES string of the molecule is C=C1C(C(C)=O)=CN2CC3(C)N(CC4CCCN43)C(=C)C2=C1F. The maximum atomic E-state index is 14.9. The highest BCUT2D eigenvalue weighted by molar-refractivity contribution is 5.99. The molecule has 3 saturated heterocycles. The van der Waals surface area contributed by atoms with E-state index in [9.17, 15) is 9.18 Å². The van der Waals surface area contributed by atoms with Crippen LogP contribution in [0.2, 0.25) is 0 Å². The van der Waals surface area contributed by atoms with E-state index in [0.717, 1.165) is 13.1 Å². The Balaban J connectivity index is 1.80. The number of piperazine rings is 1. The number of carbonyl (C=O) groups excluding carboxylic acids is 1. The molecular formula is C18H22FN3O. The second-order valence-electron chi connectivity index (χ2n) is 7.13. The van der Waals surface area contributed by atoms with E-state index in [1.54, 1.807) is 6.20 Å². The molecule has 0 radical (unpaired) electrons. The number of hydrogen-bond acceptors (Lipinski definition) is 4. The minimum Gasteiger partial charge on any atom is -0.349 e. The van der Waals surface area contributed by atoms with Crippen molar-refractivity contribution in [3.63, 3.8) is 0 Å². The van der Waals surface area contributed by atoms with Gasteiger partial charge in [-0.1, -0.05) is 13.2 Å². The monoisotopic (exact) mass is 315 g/mol. The molecule has 0 aromatic rings. The third kappa shape index (κ3) is 1.77. The summed E-state index contributed by atoms with van der Waals surface area (Å²) in [4.78, 5) is 18.4. The van der Waals surface area contributed by atoms with Gasteiger partial charge in [0.25, 0.3) is 0 Å². The van der Waals surface area contributed by atoms with Crippen LogP contribution in [0.1, 0.15) is 26.7 Å². The molecule has 0 amide bonds. The average molecular weight is 315 g/mol. The molecule has 122 valence electrons. The van der Waals surface area contributed by atoms with Crippen LogP contribution in [0.15, 0.2) is 47.7 Å². The van der Waals surface area contributed by atoms with Crippen LogP contribution in [0.3, 0.4) is 0 Å². The fraction of sp³-hybridized carbons (Fsp3) is 0.500. The van der Waals surface area contributed by atoms with Crippen molar-refractivity contribution < 1.29 is 9.18 Å². The lowest BCUT2D eigenvalue weighted by atomic mass is 9.94. The molecule has 4 aliphatic heterocycles. The number of Topliss-reactive ketones (excluding diaryl/α,β-unsaturated/α-hetero) is 1. The highest BCUT2D eigenvalue weighted by Gasteiger charge is 2.55. The van der Waals surface area contributed by atoms with Crippen LogP contribution in [0.25, 0.3) is 0 Å². The summed E-state index contributed by atoms with van der Waals surface area (Å²) in [7, 11) is 0. The Bertz CT molecular complexity index is 707. The minimum atomic E-state index is -0.420. The lowest BCUT2D eigenvalue weighted by molar-refractivity contribution is -0.113. The largest absolute Gasteiger partial charge is 0.349 e. The zero-order valence-electron chi connectivity index (χ0n) is 13.7. The maximum absolute atomic E-state index is 14.9. The van der Waals surface area contributed by atoms with Gasteiger partial charge in [0.1, 0.15) is 11.4 Å². The van der Waals surface area contributed by atoms with Crippen LogP contribution < -0.4 is 0 Å².